The van der Waals surface area contributed by atoms with Crippen LogP contribution in [-0.2, 0) is 22.3 Å². The summed E-state index contributed by atoms with van der Waals surface area (Å²) in [4.78, 5) is 15.4. The summed E-state index contributed by atoms with van der Waals surface area (Å²) in [5.74, 6) is -1.16. The number of rotatable bonds is 10. The van der Waals surface area contributed by atoms with Gasteiger partial charge in [-0.2, -0.15) is 0 Å². The van der Waals surface area contributed by atoms with Crippen LogP contribution in [0.4, 0.5) is 17.6 Å². The summed E-state index contributed by atoms with van der Waals surface area (Å²) in [6, 6.07) is 4.54. The molecule has 0 amide bonds. The SMILES string of the molecule is CC(C)(O)CCCOc1cc(C(F)(F)F)c(-c2ccc(F)c(COC3=C[I-]C=C4C(=C3)C[C@H]3[C@H](C(=O)O)[C@@H]43)c2)cn1. The molecule has 41 heavy (non-hydrogen) atoms. The predicted molar refractivity (Wildman–Crippen MR) is 137 cm³/mol. The van der Waals surface area contributed by atoms with Gasteiger partial charge in [-0.3, -0.25) is 0 Å². The van der Waals surface area contributed by atoms with Gasteiger partial charge in [-0.15, -0.1) is 0 Å². The Morgan fingerprint density at radius 1 is 1.17 bits per heavy atom. The number of ether oxygens (including phenoxy) is 2. The summed E-state index contributed by atoms with van der Waals surface area (Å²) in [5.41, 5.74) is 0.276. The fourth-order valence-electron chi connectivity index (χ4n) is 5.37. The minimum atomic E-state index is -4.71. The summed E-state index contributed by atoms with van der Waals surface area (Å²) in [6.45, 7) is 3.19. The number of hydrogen-bond donors (Lipinski definition) is 2. The first-order valence-corrected chi connectivity index (χ1v) is 15.6. The molecule has 0 saturated heterocycles. The number of alkyl halides is 3. The van der Waals surface area contributed by atoms with Gasteiger partial charge in [0, 0.05) is 0 Å². The van der Waals surface area contributed by atoms with Crippen LogP contribution in [0.5, 0.6) is 5.88 Å². The van der Waals surface area contributed by atoms with Crippen molar-refractivity contribution in [2.24, 2.45) is 17.8 Å². The second kappa shape index (κ2) is 11.4. The molecule has 0 spiro atoms. The van der Waals surface area contributed by atoms with E-state index in [1.165, 1.54) is 12.1 Å². The molecule has 2 N–H and O–H groups in total. The second-order valence-electron chi connectivity index (χ2n) is 11.1. The summed E-state index contributed by atoms with van der Waals surface area (Å²) in [7, 11) is 0. The molecule has 3 atom stereocenters. The van der Waals surface area contributed by atoms with E-state index in [9.17, 15) is 32.6 Å². The van der Waals surface area contributed by atoms with Gasteiger partial charge in [0.1, 0.15) is 0 Å². The Morgan fingerprint density at radius 3 is 2.66 bits per heavy atom. The van der Waals surface area contributed by atoms with E-state index in [0.717, 1.165) is 29.5 Å². The Bertz CT molecular complexity index is 1440. The molecule has 220 valence electrons. The third-order valence-corrected chi connectivity index (χ3v) is 9.43. The third-order valence-electron chi connectivity index (χ3n) is 7.42. The van der Waals surface area contributed by atoms with Crippen molar-refractivity contribution in [3.8, 4) is 17.0 Å². The van der Waals surface area contributed by atoms with Crippen molar-refractivity contribution in [1.82, 2.24) is 4.98 Å². The van der Waals surface area contributed by atoms with Crippen molar-refractivity contribution < 1.29 is 63.2 Å². The zero-order valence-electron chi connectivity index (χ0n) is 22.3. The molecule has 0 unspecified atom stereocenters. The Morgan fingerprint density at radius 2 is 1.95 bits per heavy atom. The van der Waals surface area contributed by atoms with Crippen LogP contribution in [0.25, 0.3) is 11.1 Å². The molecule has 11 heteroatoms. The molecular formula is C30H29F4INO5-. The number of nitrogens with zero attached hydrogens (tertiary/aromatic N) is 1. The Labute approximate surface area is 245 Å². The van der Waals surface area contributed by atoms with E-state index in [1.807, 2.05) is 10.2 Å². The molecule has 5 rings (SSSR count). The van der Waals surface area contributed by atoms with Crippen molar-refractivity contribution in [1.29, 1.82) is 0 Å². The van der Waals surface area contributed by atoms with Crippen molar-refractivity contribution in [3.63, 3.8) is 0 Å². The van der Waals surface area contributed by atoms with Crippen LogP contribution in [0.15, 0.2) is 61.6 Å². The molecule has 2 aliphatic carbocycles. The maximum atomic E-state index is 14.7. The first-order chi connectivity index (χ1) is 19.3. The minimum absolute atomic E-state index is 0.0567. The Balaban J connectivity index is 1.29. The molecule has 1 aromatic carbocycles. The van der Waals surface area contributed by atoms with Gasteiger partial charge >= 0.3 is 202 Å². The molecule has 0 bridgehead atoms. The van der Waals surface area contributed by atoms with E-state index in [-0.39, 0.29) is 53.5 Å². The van der Waals surface area contributed by atoms with Crippen LogP contribution in [-0.4, -0.2) is 33.4 Å². The first-order valence-electron chi connectivity index (χ1n) is 13.1. The number of pyridine rings is 1. The summed E-state index contributed by atoms with van der Waals surface area (Å²) < 4.78 is 72.1. The van der Waals surface area contributed by atoms with E-state index in [4.69, 9.17) is 9.47 Å². The van der Waals surface area contributed by atoms with E-state index >= 15 is 0 Å². The monoisotopic (exact) mass is 686 g/mol. The molecule has 2 saturated carbocycles. The third kappa shape index (κ3) is 6.77. The zero-order chi connectivity index (χ0) is 29.5. The van der Waals surface area contributed by atoms with Gasteiger partial charge in [0.2, 0.25) is 0 Å². The topological polar surface area (TPSA) is 88.9 Å². The molecule has 2 heterocycles. The number of hydrogen-bond acceptors (Lipinski definition) is 5. The molecule has 1 aromatic heterocycles. The van der Waals surface area contributed by atoms with Crippen molar-refractivity contribution in [2.45, 2.75) is 51.5 Å². The van der Waals surface area contributed by atoms with E-state index in [2.05, 4.69) is 9.07 Å². The number of carboxylic acid groups (broad SMARTS) is 1. The molecule has 0 radical (unpaired) electrons. The first kappa shape index (κ1) is 29.6. The quantitative estimate of drug-likeness (QED) is 0.226. The zero-order valence-corrected chi connectivity index (χ0v) is 24.5. The number of allylic oxidation sites excluding steroid dienone is 3. The summed E-state index contributed by atoms with van der Waals surface area (Å²) in [5, 5.41) is 19.2. The molecule has 1 aliphatic heterocycles. The maximum absolute atomic E-state index is 14.7. The summed E-state index contributed by atoms with van der Waals surface area (Å²) in [6.07, 6.45) is -0.256. The van der Waals surface area contributed by atoms with Crippen LogP contribution in [0.2, 0.25) is 0 Å². The van der Waals surface area contributed by atoms with Crippen molar-refractivity contribution in [3.05, 3.63) is 78.6 Å². The van der Waals surface area contributed by atoms with Gasteiger partial charge in [0.25, 0.3) is 0 Å². The van der Waals surface area contributed by atoms with Crippen LogP contribution in [0, 0.1) is 23.6 Å². The van der Waals surface area contributed by atoms with Gasteiger partial charge in [-0.25, -0.2) is 0 Å². The molecule has 6 nitrogen and oxygen atoms in total. The van der Waals surface area contributed by atoms with Crippen LogP contribution >= 0.6 is 0 Å². The van der Waals surface area contributed by atoms with Crippen molar-refractivity contribution in [2.75, 3.05) is 6.61 Å². The molecule has 2 aromatic rings. The van der Waals surface area contributed by atoms with E-state index in [1.54, 1.807) is 13.8 Å². The van der Waals surface area contributed by atoms with Gasteiger partial charge in [0.15, 0.2) is 0 Å². The number of carboxylic acids is 1. The number of aliphatic carboxylic acids is 1. The Hall–Kier alpha value is -2.93. The van der Waals surface area contributed by atoms with Crippen LogP contribution < -0.4 is 25.9 Å². The summed E-state index contributed by atoms with van der Waals surface area (Å²) >= 11 is -0.539. The van der Waals surface area contributed by atoms with Gasteiger partial charge in [0.05, 0.1) is 12.2 Å². The van der Waals surface area contributed by atoms with E-state index in [0.29, 0.717) is 25.0 Å². The number of aromatic nitrogens is 1. The number of aliphatic hydroxyl groups is 1. The number of halogens is 5. The van der Waals surface area contributed by atoms with Crippen LogP contribution in [0.1, 0.15) is 44.2 Å². The molecular weight excluding hydrogens is 657 g/mol. The van der Waals surface area contributed by atoms with Gasteiger partial charge in [-0.05, 0) is 26.7 Å². The van der Waals surface area contributed by atoms with Crippen molar-refractivity contribution >= 4 is 5.97 Å². The molecule has 3 aliphatic rings. The van der Waals surface area contributed by atoms with Crippen LogP contribution in [0.3, 0.4) is 0 Å². The standard InChI is InChI=1S/C30H29F4INO5/c1-29(2,39)6-3-7-40-25-11-23(30(32,33)34)22(14-36-25)16-4-5-24(31)18(8-16)15-41-19-9-17-10-20-26(27(20)28(37)38)21(17)13-35-12-19/h4-5,8-9,11-14,20,26-27,39H,3,6-7,10,15H2,1-2H3,(H,37,38)/q-1/t20-,26-,27+/m1/s1. The molecule has 2 fully saturated rings. The Kier molecular flexibility index (Phi) is 8.21. The number of carbonyl (C=O) groups is 1. The normalized spacial score (nSPS) is 21.8. The van der Waals surface area contributed by atoms with Gasteiger partial charge in [-0.1, -0.05) is 0 Å². The predicted octanol–water partition coefficient (Wildman–Crippen LogP) is 3.46. The fraction of sp³-hybridized carbons (Fsp3) is 0.400. The second-order valence-corrected chi connectivity index (χ2v) is 13.0. The van der Waals surface area contributed by atoms with E-state index < -0.39 is 50.3 Å². The average Bonchev–Trinajstić information content (AvgIpc) is 3.56. The fourth-order valence-corrected chi connectivity index (χ4v) is 7.47. The number of fused-ring (bicyclic) bond motifs is 3. The average molecular weight is 686 g/mol. The van der Waals surface area contributed by atoms with Gasteiger partial charge < -0.3 is 5.11 Å². The number of benzene rings is 1.